The molecular formula is C16H25NO. The van der Waals surface area contributed by atoms with Crippen LogP contribution in [-0.2, 0) is 6.54 Å². The molecule has 1 aliphatic rings. The van der Waals surface area contributed by atoms with Gasteiger partial charge in [-0.3, -0.25) is 4.90 Å². The number of aryl methyl sites for hydroxylation is 1. The maximum Gasteiger partial charge on any atom is 0.0527 e. The van der Waals surface area contributed by atoms with Crippen LogP contribution in [0.1, 0.15) is 43.7 Å². The third-order valence-corrected chi connectivity index (χ3v) is 4.00. The summed E-state index contributed by atoms with van der Waals surface area (Å²) in [5.41, 5.74) is 2.80. The number of likely N-dealkylation sites (tertiary alicyclic amines) is 1. The van der Waals surface area contributed by atoms with E-state index in [9.17, 15) is 5.11 Å². The highest BCUT2D eigenvalue weighted by molar-refractivity contribution is 5.25. The van der Waals surface area contributed by atoms with E-state index >= 15 is 0 Å². The van der Waals surface area contributed by atoms with Gasteiger partial charge in [-0.15, -0.1) is 0 Å². The van der Waals surface area contributed by atoms with Crippen LogP contribution in [0.15, 0.2) is 24.3 Å². The van der Waals surface area contributed by atoms with Gasteiger partial charge in [0.05, 0.1) is 6.10 Å². The van der Waals surface area contributed by atoms with Gasteiger partial charge in [-0.1, -0.05) is 30.7 Å². The van der Waals surface area contributed by atoms with Crippen LogP contribution in [-0.4, -0.2) is 28.7 Å². The Morgan fingerprint density at radius 1 is 1.33 bits per heavy atom. The normalized spacial score (nSPS) is 22.9. The third-order valence-electron chi connectivity index (χ3n) is 4.00. The summed E-state index contributed by atoms with van der Waals surface area (Å²) in [6, 6.07) is 9.18. The number of hydrogen-bond donors (Lipinski definition) is 1. The second-order valence-corrected chi connectivity index (χ2v) is 5.63. The zero-order valence-corrected chi connectivity index (χ0v) is 11.6. The van der Waals surface area contributed by atoms with Crippen molar-refractivity contribution in [3.05, 3.63) is 35.4 Å². The molecule has 2 unspecified atom stereocenters. The lowest BCUT2D eigenvalue weighted by molar-refractivity contribution is 0.0816. The minimum absolute atomic E-state index is 0.188. The van der Waals surface area contributed by atoms with Crippen LogP contribution in [0.2, 0.25) is 0 Å². The van der Waals surface area contributed by atoms with Crippen molar-refractivity contribution in [2.24, 2.45) is 0 Å². The zero-order valence-electron chi connectivity index (χ0n) is 11.6. The Hall–Kier alpha value is -0.860. The average molecular weight is 247 g/mol. The van der Waals surface area contributed by atoms with Crippen LogP contribution in [0, 0.1) is 6.92 Å². The first kappa shape index (κ1) is 13.6. The van der Waals surface area contributed by atoms with Crippen molar-refractivity contribution < 1.29 is 5.11 Å². The molecular weight excluding hydrogens is 222 g/mol. The summed E-state index contributed by atoms with van der Waals surface area (Å²) in [5.74, 6) is 0. The molecule has 1 heterocycles. The standard InChI is InChI=1S/C16H25NO/c1-13-7-3-4-8-15(13)12-17-10-6-5-9-16(17)11-14(2)18/h3-4,7-8,14,16,18H,5-6,9-12H2,1-2H3. The van der Waals surface area contributed by atoms with Gasteiger partial charge in [-0.25, -0.2) is 0 Å². The number of piperidine rings is 1. The molecule has 2 rings (SSSR count). The van der Waals surface area contributed by atoms with Crippen molar-refractivity contribution in [1.82, 2.24) is 4.90 Å². The van der Waals surface area contributed by atoms with Crippen LogP contribution in [0.4, 0.5) is 0 Å². The molecule has 1 fully saturated rings. The van der Waals surface area contributed by atoms with E-state index < -0.39 is 0 Å². The van der Waals surface area contributed by atoms with Gasteiger partial charge in [-0.2, -0.15) is 0 Å². The van der Waals surface area contributed by atoms with E-state index in [1.165, 1.54) is 36.9 Å². The predicted octanol–water partition coefficient (Wildman–Crippen LogP) is 3.12. The first-order chi connectivity index (χ1) is 8.66. The Labute approximate surface area is 111 Å². The van der Waals surface area contributed by atoms with E-state index in [0.29, 0.717) is 6.04 Å². The summed E-state index contributed by atoms with van der Waals surface area (Å²) in [7, 11) is 0. The second kappa shape index (κ2) is 6.35. The van der Waals surface area contributed by atoms with E-state index in [1.54, 1.807) is 0 Å². The van der Waals surface area contributed by atoms with Gasteiger partial charge in [0.15, 0.2) is 0 Å². The molecule has 1 aromatic rings. The molecule has 18 heavy (non-hydrogen) atoms. The molecule has 1 aliphatic heterocycles. The maximum absolute atomic E-state index is 9.62. The highest BCUT2D eigenvalue weighted by Crippen LogP contribution is 2.23. The SMILES string of the molecule is Cc1ccccc1CN1CCCCC1CC(C)O. The average Bonchev–Trinajstić information content (AvgIpc) is 2.34. The molecule has 100 valence electrons. The molecule has 0 saturated carbocycles. The number of aliphatic hydroxyl groups is 1. The molecule has 1 saturated heterocycles. The van der Waals surface area contributed by atoms with Crippen LogP contribution in [0.5, 0.6) is 0 Å². The zero-order chi connectivity index (χ0) is 13.0. The summed E-state index contributed by atoms with van der Waals surface area (Å²) in [6.07, 6.45) is 4.56. The van der Waals surface area contributed by atoms with Crippen LogP contribution >= 0.6 is 0 Å². The van der Waals surface area contributed by atoms with Crippen molar-refractivity contribution >= 4 is 0 Å². The molecule has 2 heteroatoms. The lowest BCUT2D eigenvalue weighted by Crippen LogP contribution is -2.40. The summed E-state index contributed by atoms with van der Waals surface area (Å²) in [5, 5.41) is 9.62. The van der Waals surface area contributed by atoms with E-state index in [1.807, 2.05) is 6.92 Å². The largest absolute Gasteiger partial charge is 0.393 e. The fourth-order valence-corrected chi connectivity index (χ4v) is 2.94. The molecule has 0 spiro atoms. The van der Waals surface area contributed by atoms with Crippen LogP contribution in [0.3, 0.4) is 0 Å². The fourth-order valence-electron chi connectivity index (χ4n) is 2.94. The molecule has 0 amide bonds. The predicted molar refractivity (Wildman–Crippen MR) is 75.5 cm³/mol. The first-order valence-corrected chi connectivity index (χ1v) is 7.13. The van der Waals surface area contributed by atoms with Gasteiger partial charge in [0.2, 0.25) is 0 Å². The van der Waals surface area contributed by atoms with Gasteiger partial charge in [0.1, 0.15) is 0 Å². The van der Waals surface area contributed by atoms with Gasteiger partial charge >= 0.3 is 0 Å². The Balaban J connectivity index is 2.03. The number of hydrogen-bond acceptors (Lipinski definition) is 2. The summed E-state index contributed by atoms with van der Waals surface area (Å²) in [4.78, 5) is 2.55. The van der Waals surface area contributed by atoms with Gasteiger partial charge < -0.3 is 5.11 Å². The summed E-state index contributed by atoms with van der Waals surface area (Å²) in [6.45, 7) is 6.29. The fraction of sp³-hybridized carbons (Fsp3) is 0.625. The molecule has 2 atom stereocenters. The second-order valence-electron chi connectivity index (χ2n) is 5.63. The van der Waals surface area contributed by atoms with Crippen molar-refractivity contribution in [3.63, 3.8) is 0 Å². The van der Waals surface area contributed by atoms with Crippen molar-refractivity contribution in [1.29, 1.82) is 0 Å². The number of nitrogens with zero attached hydrogens (tertiary/aromatic N) is 1. The molecule has 0 aliphatic carbocycles. The van der Waals surface area contributed by atoms with E-state index in [-0.39, 0.29) is 6.10 Å². The van der Waals surface area contributed by atoms with E-state index in [2.05, 4.69) is 36.1 Å². The van der Waals surface area contributed by atoms with Crippen molar-refractivity contribution in [2.45, 2.75) is 58.2 Å². The molecule has 1 aromatic carbocycles. The first-order valence-electron chi connectivity index (χ1n) is 7.13. The number of aliphatic hydroxyl groups excluding tert-OH is 1. The molecule has 2 nitrogen and oxygen atoms in total. The lowest BCUT2D eigenvalue weighted by Gasteiger charge is -2.36. The highest BCUT2D eigenvalue weighted by Gasteiger charge is 2.23. The van der Waals surface area contributed by atoms with E-state index in [0.717, 1.165) is 13.0 Å². The number of benzene rings is 1. The molecule has 1 N–H and O–H groups in total. The monoisotopic (exact) mass is 247 g/mol. The minimum atomic E-state index is -0.188. The Morgan fingerprint density at radius 3 is 2.83 bits per heavy atom. The van der Waals surface area contributed by atoms with Gasteiger partial charge in [0.25, 0.3) is 0 Å². The Morgan fingerprint density at radius 2 is 2.11 bits per heavy atom. The van der Waals surface area contributed by atoms with Crippen LogP contribution in [0.25, 0.3) is 0 Å². The number of rotatable bonds is 4. The maximum atomic E-state index is 9.62. The Bertz CT molecular complexity index is 375. The molecule has 0 aromatic heterocycles. The summed E-state index contributed by atoms with van der Waals surface area (Å²) >= 11 is 0. The highest BCUT2D eigenvalue weighted by atomic mass is 16.3. The van der Waals surface area contributed by atoms with Gasteiger partial charge in [-0.05, 0) is 50.8 Å². The van der Waals surface area contributed by atoms with Gasteiger partial charge in [0, 0.05) is 12.6 Å². The molecule has 0 radical (unpaired) electrons. The summed E-state index contributed by atoms with van der Waals surface area (Å²) < 4.78 is 0. The van der Waals surface area contributed by atoms with Crippen LogP contribution < -0.4 is 0 Å². The van der Waals surface area contributed by atoms with Crippen molar-refractivity contribution in [2.75, 3.05) is 6.54 Å². The van der Waals surface area contributed by atoms with Crippen molar-refractivity contribution in [3.8, 4) is 0 Å². The molecule has 0 bridgehead atoms. The topological polar surface area (TPSA) is 23.5 Å². The third kappa shape index (κ3) is 3.56. The minimum Gasteiger partial charge on any atom is -0.393 e. The quantitative estimate of drug-likeness (QED) is 0.883. The smallest absolute Gasteiger partial charge is 0.0527 e. The lowest BCUT2D eigenvalue weighted by atomic mass is 9.96. The Kier molecular flexibility index (Phi) is 4.79. The van der Waals surface area contributed by atoms with E-state index in [4.69, 9.17) is 0 Å².